The molecule has 0 amide bonds. The molecule has 3 nitrogen and oxygen atoms in total. The van der Waals surface area contributed by atoms with Gasteiger partial charge in [-0.1, -0.05) is 23.8 Å². The van der Waals surface area contributed by atoms with Gasteiger partial charge in [0.25, 0.3) is 0 Å². The number of nitrogen functional groups attached to an aromatic ring is 1. The first-order chi connectivity index (χ1) is 7.09. The molecule has 0 saturated heterocycles. The fourth-order valence-corrected chi connectivity index (χ4v) is 1.75. The molecule has 0 aliphatic carbocycles. The highest BCUT2D eigenvalue weighted by Crippen LogP contribution is 2.24. The molecular formula is C11H13N3S. The van der Waals surface area contributed by atoms with E-state index in [1.165, 1.54) is 5.56 Å². The topological polar surface area (TPSA) is 46.7 Å². The van der Waals surface area contributed by atoms with Gasteiger partial charge in [0.1, 0.15) is 5.82 Å². The van der Waals surface area contributed by atoms with E-state index < -0.39 is 0 Å². The molecule has 0 saturated carbocycles. The number of hydrogen-bond acceptors (Lipinski definition) is 2. The van der Waals surface area contributed by atoms with E-state index in [0.29, 0.717) is 10.6 Å². The van der Waals surface area contributed by atoms with E-state index in [-0.39, 0.29) is 0 Å². The highest BCUT2D eigenvalue weighted by Gasteiger charge is 2.07. The van der Waals surface area contributed by atoms with Crippen molar-refractivity contribution in [3.8, 4) is 11.3 Å². The SMILES string of the molecule is Cc1cccc(-c2[nH]c(=S)n(C)c2N)c1. The average molecular weight is 219 g/mol. The highest BCUT2D eigenvalue weighted by molar-refractivity contribution is 7.71. The van der Waals surface area contributed by atoms with Crippen LogP contribution in [0.1, 0.15) is 5.56 Å². The number of aryl methyl sites for hydroxylation is 1. The van der Waals surface area contributed by atoms with Crippen LogP contribution in [-0.4, -0.2) is 9.55 Å². The van der Waals surface area contributed by atoms with Gasteiger partial charge in [0.15, 0.2) is 4.77 Å². The highest BCUT2D eigenvalue weighted by atomic mass is 32.1. The van der Waals surface area contributed by atoms with Crippen molar-refractivity contribution in [1.29, 1.82) is 0 Å². The summed E-state index contributed by atoms with van der Waals surface area (Å²) in [7, 11) is 1.85. The molecule has 78 valence electrons. The summed E-state index contributed by atoms with van der Waals surface area (Å²) in [5.74, 6) is 0.672. The maximum Gasteiger partial charge on any atom is 0.178 e. The molecule has 2 rings (SSSR count). The minimum absolute atomic E-state index is 0.643. The smallest absolute Gasteiger partial charge is 0.178 e. The third-order valence-electron chi connectivity index (χ3n) is 2.46. The van der Waals surface area contributed by atoms with Gasteiger partial charge < -0.3 is 15.3 Å². The lowest BCUT2D eigenvalue weighted by molar-refractivity contribution is 0.906. The number of benzene rings is 1. The Morgan fingerprint density at radius 1 is 1.40 bits per heavy atom. The van der Waals surface area contributed by atoms with E-state index in [1.807, 2.05) is 19.2 Å². The molecule has 0 radical (unpaired) electrons. The molecule has 0 spiro atoms. The Kier molecular flexibility index (Phi) is 2.36. The maximum absolute atomic E-state index is 5.95. The summed E-state index contributed by atoms with van der Waals surface area (Å²) >= 11 is 5.12. The molecule has 0 fully saturated rings. The van der Waals surface area contributed by atoms with Gasteiger partial charge in [-0.3, -0.25) is 0 Å². The van der Waals surface area contributed by atoms with Crippen LogP contribution in [0, 0.1) is 11.7 Å². The van der Waals surface area contributed by atoms with Crippen molar-refractivity contribution < 1.29 is 0 Å². The van der Waals surface area contributed by atoms with Crippen LogP contribution >= 0.6 is 12.2 Å². The zero-order chi connectivity index (χ0) is 11.0. The van der Waals surface area contributed by atoms with Crippen LogP contribution in [0.15, 0.2) is 24.3 Å². The lowest BCUT2D eigenvalue weighted by Gasteiger charge is -2.01. The molecule has 0 atom stereocenters. The monoisotopic (exact) mass is 219 g/mol. The average Bonchev–Trinajstić information content (AvgIpc) is 2.46. The van der Waals surface area contributed by atoms with Gasteiger partial charge in [0.05, 0.1) is 5.69 Å². The van der Waals surface area contributed by atoms with E-state index in [9.17, 15) is 0 Å². The molecule has 1 heterocycles. The molecule has 0 bridgehead atoms. The molecule has 0 aliphatic heterocycles. The second-order valence-electron chi connectivity index (χ2n) is 3.62. The maximum atomic E-state index is 5.95. The number of rotatable bonds is 1. The first-order valence-corrected chi connectivity index (χ1v) is 5.12. The van der Waals surface area contributed by atoms with Gasteiger partial charge in [-0.05, 0) is 25.2 Å². The van der Waals surface area contributed by atoms with E-state index in [0.717, 1.165) is 11.3 Å². The van der Waals surface area contributed by atoms with Gasteiger partial charge in [-0.25, -0.2) is 0 Å². The molecule has 2 aromatic rings. The van der Waals surface area contributed by atoms with Crippen LogP contribution in [0.2, 0.25) is 0 Å². The number of nitrogens with one attached hydrogen (secondary N) is 1. The minimum Gasteiger partial charge on any atom is -0.383 e. The lowest BCUT2D eigenvalue weighted by atomic mass is 10.1. The third-order valence-corrected chi connectivity index (χ3v) is 2.84. The second kappa shape index (κ2) is 3.55. The minimum atomic E-state index is 0.643. The molecule has 1 aromatic heterocycles. The van der Waals surface area contributed by atoms with Crippen molar-refractivity contribution in [3.63, 3.8) is 0 Å². The Morgan fingerprint density at radius 3 is 2.67 bits per heavy atom. The van der Waals surface area contributed by atoms with Crippen molar-refractivity contribution >= 4 is 18.0 Å². The van der Waals surface area contributed by atoms with Crippen LogP contribution in [0.4, 0.5) is 5.82 Å². The van der Waals surface area contributed by atoms with Crippen LogP contribution in [0.5, 0.6) is 0 Å². The third kappa shape index (κ3) is 1.68. The Hall–Kier alpha value is -1.55. The fourth-order valence-electron chi connectivity index (χ4n) is 1.55. The van der Waals surface area contributed by atoms with Gasteiger partial charge >= 0.3 is 0 Å². The molecule has 3 N–H and O–H groups in total. The van der Waals surface area contributed by atoms with Crippen molar-refractivity contribution in [2.75, 3.05) is 5.73 Å². The zero-order valence-electron chi connectivity index (χ0n) is 8.74. The number of aromatic amines is 1. The van der Waals surface area contributed by atoms with Gasteiger partial charge in [0.2, 0.25) is 0 Å². The Labute approximate surface area is 93.6 Å². The molecule has 0 unspecified atom stereocenters. The zero-order valence-corrected chi connectivity index (χ0v) is 9.56. The summed E-state index contributed by atoms with van der Waals surface area (Å²) in [5, 5.41) is 0. The van der Waals surface area contributed by atoms with Gasteiger partial charge in [0, 0.05) is 12.6 Å². The number of nitrogens with zero attached hydrogens (tertiary/aromatic N) is 1. The predicted octanol–water partition coefficient (Wildman–Crippen LogP) is 2.64. The Balaban J connectivity index is 2.64. The van der Waals surface area contributed by atoms with E-state index in [1.54, 1.807) is 4.57 Å². The largest absolute Gasteiger partial charge is 0.383 e. The quantitative estimate of drug-likeness (QED) is 0.724. The normalized spacial score (nSPS) is 10.5. The standard InChI is InChI=1S/C11H13N3S/c1-7-4-3-5-8(6-7)9-10(12)14(2)11(15)13-9/h3-6H,12H2,1-2H3,(H,13,15). The number of anilines is 1. The molecule has 4 heteroatoms. The van der Waals surface area contributed by atoms with Gasteiger partial charge in [-0.2, -0.15) is 0 Å². The summed E-state index contributed by atoms with van der Waals surface area (Å²) in [5.41, 5.74) is 9.12. The fraction of sp³-hybridized carbons (Fsp3) is 0.182. The van der Waals surface area contributed by atoms with Crippen LogP contribution < -0.4 is 5.73 Å². The van der Waals surface area contributed by atoms with Crippen LogP contribution in [-0.2, 0) is 7.05 Å². The second-order valence-corrected chi connectivity index (χ2v) is 4.01. The Bertz CT molecular complexity index is 551. The molecule has 1 aromatic carbocycles. The first kappa shape index (κ1) is 9.98. The van der Waals surface area contributed by atoms with E-state index in [4.69, 9.17) is 18.0 Å². The van der Waals surface area contributed by atoms with Crippen LogP contribution in [0.3, 0.4) is 0 Å². The first-order valence-electron chi connectivity index (χ1n) is 4.71. The number of imidazole rings is 1. The lowest BCUT2D eigenvalue weighted by Crippen LogP contribution is -1.96. The van der Waals surface area contributed by atoms with Crippen molar-refractivity contribution in [3.05, 3.63) is 34.6 Å². The molecule has 15 heavy (non-hydrogen) atoms. The number of H-pyrrole nitrogens is 1. The summed E-state index contributed by atoms with van der Waals surface area (Å²) in [6, 6.07) is 8.16. The van der Waals surface area contributed by atoms with Crippen LogP contribution in [0.25, 0.3) is 11.3 Å². The summed E-state index contributed by atoms with van der Waals surface area (Å²) in [6.07, 6.45) is 0. The summed E-state index contributed by atoms with van der Waals surface area (Å²) < 4.78 is 2.41. The predicted molar refractivity (Wildman–Crippen MR) is 65.2 cm³/mol. The number of aromatic nitrogens is 2. The van der Waals surface area contributed by atoms with Crippen molar-refractivity contribution in [2.24, 2.45) is 7.05 Å². The van der Waals surface area contributed by atoms with E-state index in [2.05, 4.69) is 24.0 Å². The molecular weight excluding hydrogens is 206 g/mol. The Morgan fingerprint density at radius 2 is 2.13 bits per heavy atom. The summed E-state index contributed by atoms with van der Waals surface area (Å²) in [4.78, 5) is 3.11. The van der Waals surface area contributed by atoms with E-state index >= 15 is 0 Å². The summed E-state index contributed by atoms with van der Waals surface area (Å²) in [6.45, 7) is 2.05. The van der Waals surface area contributed by atoms with Crippen molar-refractivity contribution in [2.45, 2.75) is 6.92 Å². The van der Waals surface area contributed by atoms with Gasteiger partial charge in [-0.15, -0.1) is 0 Å². The number of hydrogen-bond donors (Lipinski definition) is 2. The number of nitrogens with two attached hydrogens (primary N) is 1. The van der Waals surface area contributed by atoms with Crippen molar-refractivity contribution in [1.82, 2.24) is 9.55 Å². The molecule has 0 aliphatic rings.